The number of nitrogens with one attached hydrogen (secondary N) is 2. The van der Waals surface area contributed by atoms with Crippen molar-refractivity contribution in [3.63, 3.8) is 0 Å². The van der Waals surface area contributed by atoms with Gasteiger partial charge in [0.2, 0.25) is 17.7 Å². The second-order valence-electron chi connectivity index (χ2n) is 8.21. The van der Waals surface area contributed by atoms with Crippen LogP contribution in [-0.2, 0) is 30.4 Å². The van der Waals surface area contributed by atoms with Crippen molar-refractivity contribution in [2.45, 2.75) is 62.9 Å². The van der Waals surface area contributed by atoms with Gasteiger partial charge in [0.15, 0.2) is 0 Å². The summed E-state index contributed by atoms with van der Waals surface area (Å²) in [4.78, 5) is 61.9. The van der Waals surface area contributed by atoms with Crippen LogP contribution in [0.3, 0.4) is 0 Å². The Labute approximate surface area is 196 Å². The highest BCUT2D eigenvalue weighted by Crippen LogP contribution is 2.19. The monoisotopic (exact) mass is 478 g/mol. The first kappa shape index (κ1) is 26.7. The summed E-state index contributed by atoms with van der Waals surface area (Å²) >= 11 is 0. The number of hydrogen-bond donors (Lipinski definition) is 6. The molecule has 1 aliphatic heterocycles. The van der Waals surface area contributed by atoms with Crippen LogP contribution < -0.4 is 16.4 Å². The van der Waals surface area contributed by atoms with Gasteiger partial charge >= 0.3 is 11.9 Å². The summed E-state index contributed by atoms with van der Waals surface area (Å²) in [6.07, 6.45) is -1.27. The van der Waals surface area contributed by atoms with E-state index in [1.165, 1.54) is 6.92 Å². The number of carboxylic acid groups (broad SMARTS) is 2. The van der Waals surface area contributed by atoms with Crippen LogP contribution in [0.25, 0.3) is 0 Å². The molecule has 34 heavy (non-hydrogen) atoms. The third-order valence-corrected chi connectivity index (χ3v) is 5.51. The van der Waals surface area contributed by atoms with Crippen LogP contribution in [0.4, 0.5) is 0 Å². The predicted molar refractivity (Wildman–Crippen MR) is 118 cm³/mol. The number of likely N-dealkylation sites (tertiary alicyclic amines) is 1. The fourth-order valence-corrected chi connectivity index (χ4v) is 3.73. The third-order valence-electron chi connectivity index (χ3n) is 5.51. The number of amides is 3. The van der Waals surface area contributed by atoms with Gasteiger partial charge in [-0.05, 0) is 25.3 Å². The van der Waals surface area contributed by atoms with Crippen LogP contribution in [0.5, 0.6) is 0 Å². The van der Waals surface area contributed by atoms with E-state index in [1.54, 1.807) is 30.3 Å². The van der Waals surface area contributed by atoms with E-state index in [1.807, 2.05) is 0 Å². The minimum atomic E-state index is -1.45. The summed E-state index contributed by atoms with van der Waals surface area (Å²) in [6, 6.07) is 3.49. The minimum absolute atomic E-state index is 0.000387. The van der Waals surface area contributed by atoms with E-state index in [0.717, 1.165) is 4.90 Å². The number of aliphatic hydroxyl groups excluding tert-OH is 1. The van der Waals surface area contributed by atoms with Crippen LogP contribution >= 0.6 is 0 Å². The Morgan fingerprint density at radius 1 is 1.09 bits per heavy atom. The molecule has 0 spiro atoms. The molecule has 5 atom stereocenters. The van der Waals surface area contributed by atoms with Gasteiger partial charge in [0.1, 0.15) is 18.1 Å². The second kappa shape index (κ2) is 12.1. The Morgan fingerprint density at radius 3 is 2.29 bits per heavy atom. The molecule has 1 saturated heterocycles. The Balaban J connectivity index is 2.21. The number of carboxylic acids is 2. The van der Waals surface area contributed by atoms with Gasteiger partial charge < -0.3 is 36.6 Å². The van der Waals surface area contributed by atoms with Crippen molar-refractivity contribution in [1.29, 1.82) is 0 Å². The van der Waals surface area contributed by atoms with Gasteiger partial charge in [-0.2, -0.15) is 0 Å². The highest BCUT2D eigenvalue weighted by atomic mass is 16.4. The van der Waals surface area contributed by atoms with E-state index in [2.05, 4.69) is 10.6 Å². The lowest BCUT2D eigenvalue weighted by molar-refractivity contribution is -0.150. The molecule has 1 fully saturated rings. The Kier molecular flexibility index (Phi) is 9.51. The minimum Gasteiger partial charge on any atom is -0.481 e. The summed E-state index contributed by atoms with van der Waals surface area (Å²) < 4.78 is 0. The maximum Gasteiger partial charge on any atom is 0.326 e. The molecular weight excluding hydrogens is 448 g/mol. The molecule has 5 unspecified atom stereocenters. The molecule has 1 aliphatic rings. The lowest BCUT2D eigenvalue weighted by Crippen LogP contribution is -2.60. The maximum absolute atomic E-state index is 13.1. The van der Waals surface area contributed by atoms with Crippen LogP contribution in [0.2, 0.25) is 0 Å². The average molecular weight is 479 g/mol. The molecule has 2 rings (SSSR count). The Bertz CT molecular complexity index is 907. The molecule has 0 saturated carbocycles. The first-order valence-electron chi connectivity index (χ1n) is 10.8. The SMILES string of the molecule is CC(O)C(NC(=O)C(Cc1ccccc1)NC(=O)C(N)CC(=O)O)C(=O)N1CCCC1C(=O)O. The fraction of sp³-hybridized carbons (Fsp3) is 0.500. The lowest BCUT2D eigenvalue weighted by atomic mass is 10.0. The number of nitrogens with zero attached hydrogens (tertiary/aromatic N) is 1. The number of benzene rings is 1. The first-order valence-corrected chi connectivity index (χ1v) is 10.8. The Hall–Kier alpha value is -3.51. The lowest BCUT2D eigenvalue weighted by Gasteiger charge is -2.30. The molecule has 0 aromatic heterocycles. The number of aliphatic carboxylic acids is 2. The Morgan fingerprint density at radius 2 is 1.74 bits per heavy atom. The van der Waals surface area contributed by atoms with Crippen molar-refractivity contribution >= 4 is 29.7 Å². The molecular formula is C22H30N4O8. The van der Waals surface area contributed by atoms with Crippen molar-refractivity contribution in [3.05, 3.63) is 35.9 Å². The van der Waals surface area contributed by atoms with Gasteiger partial charge in [0.25, 0.3) is 0 Å². The van der Waals surface area contributed by atoms with E-state index < -0.39 is 66.4 Å². The van der Waals surface area contributed by atoms with E-state index in [0.29, 0.717) is 12.0 Å². The van der Waals surface area contributed by atoms with Gasteiger partial charge in [-0.25, -0.2) is 4.79 Å². The third kappa shape index (κ3) is 7.25. The zero-order valence-electron chi connectivity index (χ0n) is 18.7. The number of rotatable bonds is 11. The van der Waals surface area contributed by atoms with Crippen LogP contribution in [-0.4, -0.2) is 86.7 Å². The summed E-state index contributed by atoms with van der Waals surface area (Å²) in [5, 5.41) is 33.2. The summed E-state index contributed by atoms with van der Waals surface area (Å²) in [5.41, 5.74) is 6.27. The molecule has 12 heteroatoms. The molecule has 3 amide bonds. The van der Waals surface area contributed by atoms with Crippen LogP contribution in [0.15, 0.2) is 30.3 Å². The van der Waals surface area contributed by atoms with E-state index in [9.17, 15) is 34.2 Å². The quantitative estimate of drug-likeness (QED) is 0.218. The van der Waals surface area contributed by atoms with Crippen molar-refractivity contribution in [1.82, 2.24) is 15.5 Å². The highest BCUT2D eigenvalue weighted by molar-refractivity contribution is 5.95. The van der Waals surface area contributed by atoms with Gasteiger partial charge in [0.05, 0.1) is 18.6 Å². The summed E-state index contributed by atoms with van der Waals surface area (Å²) in [6.45, 7) is 1.45. The molecule has 1 heterocycles. The number of carbonyl (C=O) groups excluding carboxylic acids is 3. The zero-order chi connectivity index (χ0) is 25.4. The highest BCUT2D eigenvalue weighted by Gasteiger charge is 2.40. The smallest absolute Gasteiger partial charge is 0.326 e. The van der Waals surface area contributed by atoms with Crippen molar-refractivity contribution in [2.75, 3.05) is 6.54 Å². The number of aliphatic hydroxyl groups is 1. The van der Waals surface area contributed by atoms with Gasteiger partial charge in [-0.3, -0.25) is 19.2 Å². The maximum atomic E-state index is 13.1. The van der Waals surface area contributed by atoms with E-state index in [-0.39, 0.29) is 19.4 Å². The predicted octanol–water partition coefficient (Wildman–Crippen LogP) is -1.54. The van der Waals surface area contributed by atoms with Gasteiger partial charge in [-0.15, -0.1) is 0 Å². The van der Waals surface area contributed by atoms with Gasteiger partial charge in [0, 0.05) is 13.0 Å². The van der Waals surface area contributed by atoms with Crippen molar-refractivity contribution in [2.24, 2.45) is 5.73 Å². The first-order chi connectivity index (χ1) is 16.0. The van der Waals surface area contributed by atoms with Crippen LogP contribution in [0, 0.1) is 0 Å². The largest absolute Gasteiger partial charge is 0.481 e. The van der Waals surface area contributed by atoms with Crippen molar-refractivity contribution in [3.8, 4) is 0 Å². The second-order valence-corrected chi connectivity index (χ2v) is 8.21. The topological polar surface area (TPSA) is 199 Å². The molecule has 186 valence electrons. The fourth-order valence-electron chi connectivity index (χ4n) is 3.73. The molecule has 12 nitrogen and oxygen atoms in total. The van der Waals surface area contributed by atoms with E-state index in [4.69, 9.17) is 10.8 Å². The molecule has 0 aliphatic carbocycles. The molecule has 7 N–H and O–H groups in total. The average Bonchev–Trinajstić information content (AvgIpc) is 3.26. The zero-order valence-corrected chi connectivity index (χ0v) is 18.7. The number of nitrogens with two attached hydrogens (primary N) is 1. The molecule has 1 aromatic rings. The van der Waals surface area contributed by atoms with Crippen molar-refractivity contribution < 1.29 is 39.3 Å². The molecule has 0 bridgehead atoms. The summed E-state index contributed by atoms with van der Waals surface area (Å²) in [5.74, 6) is -4.90. The van der Waals surface area contributed by atoms with Gasteiger partial charge in [-0.1, -0.05) is 30.3 Å². The molecule has 0 radical (unpaired) electrons. The number of hydrogen-bond acceptors (Lipinski definition) is 7. The molecule has 1 aromatic carbocycles. The van der Waals surface area contributed by atoms with Crippen LogP contribution in [0.1, 0.15) is 31.7 Å². The number of carbonyl (C=O) groups is 5. The standard InChI is InChI=1S/C22H30N4O8/c1-12(27)18(21(32)26-9-5-8-16(26)22(33)34)25-20(31)15(10-13-6-3-2-4-7-13)24-19(30)14(23)11-17(28)29/h2-4,6-7,12,14-16,18,27H,5,8-11,23H2,1H3,(H,24,30)(H,25,31)(H,28,29)(H,33,34). The summed E-state index contributed by atoms with van der Waals surface area (Å²) in [7, 11) is 0. The van der Waals surface area contributed by atoms with E-state index >= 15 is 0 Å². The normalized spacial score (nSPS) is 18.9.